The first kappa shape index (κ1) is 33.5. The molecule has 9 nitrogen and oxygen atoms in total. The second-order valence-corrected chi connectivity index (χ2v) is 11.0. The fraction of sp³-hybridized carbons (Fsp3) is 0.121. The molecule has 0 saturated carbocycles. The van der Waals surface area contributed by atoms with Crippen molar-refractivity contribution in [1.29, 1.82) is 0 Å². The highest BCUT2D eigenvalue weighted by Gasteiger charge is 2.34. The summed E-state index contributed by atoms with van der Waals surface area (Å²) in [5, 5.41) is 18.0. The van der Waals surface area contributed by atoms with Crippen LogP contribution in [0.2, 0.25) is 0 Å². The largest absolute Gasteiger partial charge is 0.418 e. The van der Waals surface area contributed by atoms with Gasteiger partial charge >= 0.3 is 6.18 Å². The third-order valence-corrected chi connectivity index (χ3v) is 7.83. The number of thioether (sulfide) groups is 1. The van der Waals surface area contributed by atoms with Crippen molar-refractivity contribution in [2.75, 3.05) is 10.6 Å². The zero-order valence-corrected chi connectivity index (χ0v) is 25.0. The SMILES string of the molecule is CCC(Sc1cccc(NC(=O)/C(=C\c2ccc([N+](=O)[O-])cc2)NC(=O)c2ccccc2)c1)C(=O)Nc1ccccc1C(F)(F)F. The summed E-state index contributed by atoms with van der Waals surface area (Å²) in [6.45, 7) is 1.73. The molecular formula is C33H27F3N4O5S. The van der Waals surface area contributed by atoms with Gasteiger partial charge in [-0.1, -0.05) is 43.3 Å². The fourth-order valence-electron chi connectivity index (χ4n) is 4.19. The van der Waals surface area contributed by atoms with Gasteiger partial charge in [-0.3, -0.25) is 24.5 Å². The summed E-state index contributed by atoms with van der Waals surface area (Å²) in [4.78, 5) is 50.3. The van der Waals surface area contributed by atoms with E-state index < -0.39 is 39.6 Å². The number of carbonyl (C=O) groups is 3. The van der Waals surface area contributed by atoms with Crippen LogP contribution in [0.5, 0.6) is 0 Å². The van der Waals surface area contributed by atoms with Gasteiger partial charge in [0.15, 0.2) is 0 Å². The normalized spacial score (nSPS) is 12.1. The number of carbonyl (C=O) groups excluding carboxylic acids is 3. The second-order valence-electron chi connectivity index (χ2n) is 9.76. The van der Waals surface area contributed by atoms with Crippen molar-refractivity contribution in [1.82, 2.24) is 5.32 Å². The smallest absolute Gasteiger partial charge is 0.325 e. The molecule has 0 fully saturated rings. The van der Waals surface area contributed by atoms with Crippen LogP contribution in [0.1, 0.15) is 34.8 Å². The van der Waals surface area contributed by atoms with Gasteiger partial charge < -0.3 is 16.0 Å². The molecular weight excluding hydrogens is 621 g/mol. The molecule has 4 rings (SSSR count). The lowest BCUT2D eigenvalue weighted by molar-refractivity contribution is -0.384. The van der Waals surface area contributed by atoms with Crippen LogP contribution < -0.4 is 16.0 Å². The predicted octanol–water partition coefficient (Wildman–Crippen LogP) is 7.53. The van der Waals surface area contributed by atoms with Crippen molar-refractivity contribution in [2.24, 2.45) is 0 Å². The molecule has 0 saturated heterocycles. The summed E-state index contributed by atoms with van der Waals surface area (Å²) >= 11 is 1.11. The van der Waals surface area contributed by atoms with Crippen LogP contribution in [0.3, 0.4) is 0 Å². The van der Waals surface area contributed by atoms with Crippen LogP contribution in [0.15, 0.2) is 114 Å². The van der Waals surface area contributed by atoms with E-state index in [4.69, 9.17) is 0 Å². The van der Waals surface area contributed by atoms with Crippen molar-refractivity contribution in [3.05, 3.63) is 136 Å². The highest BCUT2D eigenvalue weighted by Crippen LogP contribution is 2.35. The lowest BCUT2D eigenvalue weighted by atomic mass is 10.1. The minimum atomic E-state index is -4.64. The van der Waals surface area contributed by atoms with Crippen LogP contribution in [-0.2, 0) is 15.8 Å². The van der Waals surface area contributed by atoms with Gasteiger partial charge in [0.1, 0.15) is 5.70 Å². The standard InChI is InChI=1S/C33H27F3N4O5S/c1-2-29(32(43)38-27-14-7-6-13-26(27)33(34,35)36)46-25-12-8-11-23(20-25)37-31(42)28(39-30(41)22-9-4-3-5-10-22)19-21-15-17-24(18-16-21)40(44)45/h3-20,29H,2H2,1H3,(H,37,42)(H,38,43)(H,39,41)/b28-19+. The number of para-hydroxylation sites is 1. The molecule has 0 aromatic heterocycles. The monoisotopic (exact) mass is 648 g/mol. The van der Waals surface area contributed by atoms with Crippen molar-refractivity contribution < 1.29 is 32.5 Å². The number of nitrogens with zero attached hydrogens (tertiary/aromatic N) is 1. The Bertz CT molecular complexity index is 1760. The average Bonchev–Trinajstić information content (AvgIpc) is 3.03. The van der Waals surface area contributed by atoms with E-state index in [0.717, 1.165) is 17.8 Å². The van der Waals surface area contributed by atoms with E-state index in [1.807, 2.05) is 0 Å². The Labute approximate surface area is 266 Å². The van der Waals surface area contributed by atoms with Gasteiger partial charge in [-0.05, 0) is 72.7 Å². The molecule has 13 heteroatoms. The van der Waals surface area contributed by atoms with Crippen LogP contribution in [0.4, 0.5) is 30.2 Å². The number of non-ortho nitro benzene ring substituents is 1. The molecule has 4 aromatic rings. The Morgan fingerprint density at radius 1 is 0.891 bits per heavy atom. The third-order valence-electron chi connectivity index (χ3n) is 6.47. The first-order valence-corrected chi connectivity index (χ1v) is 14.7. The Balaban J connectivity index is 1.52. The molecule has 0 aliphatic rings. The molecule has 0 aliphatic heterocycles. The maximum Gasteiger partial charge on any atom is 0.418 e. The number of nitrogens with one attached hydrogen (secondary N) is 3. The zero-order chi connectivity index (χ0) is 33.3. The summed E-state index contributed by atoms with van der Waals surface area (Å²) in [5.74, 6) is -1.87. The number of hydrogen-bond donors (Lipinski definition) is 3. The van der Waals surface area contributed by atoms with Crippen molar-refractivity contribution in [3.8, 4) is 0 Å². The number of rotatable bonds is 11. The Kier molecular flexibility index (Phi) is 10.9. The Morgan fingerprint density at radius 2 is 1.57 bits per heavy atom. The molecule has 46 heavy (non-hydrogen) atoms. The van der Waals surface area contributed by atoms with E-state index in [9.17, 15) is 37.7 Å². The van der Waals surface area contributed by atoms with Crippen molar-refractivity contribution in [3.63, 3.8) is 0 Å². The van der Waals surface area contributed by atoms with Gasteiger partial charge in [0, 0.05) is 28.3 Å². The number of halogens is 3. The van der Waals surface area contributed by atoms with E-state index in [1.165, 1.54) is 48.5 Å². The molecule has 0 aliphatic carbocycles. The molecule has 0 spiro atoms. The lowest BCUT2D eigenvalue weighted by Gasteiger charge is -2.18. The Hall–Kier alpha value is -5.43. The highest BCUT2D eigenvalue weighted by atomic mass is 32.2. The minimum absolute atomic E-state index is 0.144. The van der Waals surface area contributed by atoms with Crippen LogP contribution >= 0.6 is 11.8 Å². The average molecular weight is 649 g/mol. The predicted molar refractivity (Wildman–Crippen MR) is 170 cm³/mol. The number of anilines is 2. The number of benzene rings is 4. The first-order valence-electron chi connectivity index (χ1n) is 13.8. The molecule has 4 aromatic carbocycles. The van der Waals surface area contributed by atoms with E-state index in [-0.39, 0.29) is 17.1 Å². The Morgan fingerprint density at radius 3 is 2.22 bits per heavy atom. The summed E-state index contributed by atoms with van der Waals surface area (Å²) < 4.78 is 40.2. The molecule has 3 amide bonds. The second kappa shape index (κ2) is 15.0. The first-order chi connectivity index (χ1) is 21.9. The molecule has 0 heterocycles. The van der Waals surface area contributed by atoms with E-state index >= 15 is 0 Å². The molecule has 3 N–H and O–H groups in total. The van der Waals surface area contributed by atoms with Gasteiger partial charge in [0.2, 0.25) is 5.91 Å². The van der Waals surface area contributed by atoms with Crippen LogP contribution in [-0.4, -0.2) is 27.9 Å². The minimum Gasteiger partial charge on any atom is -0.325 e. The molecule has 1 atom stereocenters. The van der Waals surface area contributed by atoms with E-state index in [0.29, 0.717) is 28.1 Å². The lowest BCUT2D eigenvalue weighted by Crippen LogP contribution is -2.30. The fourth-order valence-corrected chi connectivity index (χ4v) is 5.20. The topological polar surface area (TPSA) is 130 Å². The van der Waals surface area contributed by atoms with Gasteiger partial charge in [-0.2, -0.15) is 13.2 Å². The zero-order valence-electron chi connectivity index (χ0n) is 24.2. The third kappa shape index (κ3) is 9.05. The van der Waals surface area contributed by atoms with Crippen molar-refractivity contribution >= 4 is 52.6 Å². The highest BCUT2D eigenvalue weighted by molar-refractivity contribution is 8.00. The number of nitro benzene ring substituents is 1. The maximum absolute atomic E-state index is 13.4. The molecule has 0 bridgehead atoms. The molecule has 236 valence electrons. The van der Waals surface area contributed by atoms with E-state index in [2.05, 4.69) is 16.0 Å². The molecule has 0 radical (unpaired) electrons. The summed E-state index contributed by atoms with van der Waals surface area (Å²) in [6, 6.07) is 24.8. The summed E-state index contributed by atoms with van der Waals surface area (Å²) in [7, 11) is 0. The van der Waals surface area contributed by atoms with Gasteiger partial charge in [-0.25, -0.2) is 0 Å². The molecule has 1 unspecified atom stereocenters. The van der Waals surface area contributed by atoms with Crippen LogP contribution in [0, 0.1) is 10.1 Å². The quantitative estimate of drug-likeness (QED) is 0.0667. The van der Waals surface area contributed by atoms with Crippen molar-refractivity contribution in [2.45, 2.75) is 29.7 Å². The van der Waals surface area contributed by atoms with Gasteiger partial charge in [-0.15, -0.1) is 11.8 Å². The number of amides is 3. The van der Waals surface area contributed by atoms with Gasteiger partial charge in [0.05, 0.1) is 21.4 Å². The maximum atomic E-state index is 13.4. The van der Waals surface area contributed by atoms with E-state index in [1.54, 1.807) is 61.5 Å². The summed E-state index contributed by atoms with van der Waals surface area (Å²) in [5.41, 5.74) is -0.558. The number of nitro groups is 1. The summed E-state index contributed by atoms with van der Waals surface area (Å²) in [6.07, 6.45) is -2.97. The van der Waals surface area contributed by atoms with Gasteiger partial charge in [0.25, 0.3) is 17.5 Å². The van der Waals surface area contributed by atoms with Crippen LogP contribution in [0.25, 0.3) is 6.08 Å². The number of hydrogen-bond acceptors (Lipinski definition) is 6. The number of alkyl halides is 3.